The average molecular weight is 627 g/mol. The largest absolute Gasteiger partial charge is 0.465 e. The van der Waals surface area contributed by atoms with Crippen LogP contribution in [0.5, 0.6) is 0 Å². The van der Waals surface area contributed by atoms with Crippen molar-refractivity contribution in [2.24, 2.45) is 5.92 Å². The molecule has 234 valence electrons. The van der Waals surface area contributed by atoms with Gasteiger partial charge in [-0.3, -0.25) is 4.39 Å². The summed E-state index contributed by atoms with van der Waals surface area (Å²) in [6.45, 7) is 24.7. The van der Waals surface area contributed by atoms with Crippen molar-refractivity contribution in [1.82, 2.24) is 0 Å². The van der Waals surface area contributed by atoms with Gasteiger partial charge in [0.15, 0.2) is 16.6 Å². The highest BCUT2D eigenvalue weighted by atomic mass is 32.2. The summed E-state index contributed by atoms with van der Waals surface area (Å²) >= 11 is 0. The molecule has 0 aromatic heterocycles. The molecule has 0 aliphatic heterocycles. The highest BCUT2D eigenvalue weighted by molar-refractivity contribution is 7.88. The van der Waals surface area contributed by atoms with Crippen LogP contribution >= 0.6 is 0 Å². The predicted octanol–water partition coefficient (Wildman–Crippen LogP) is 9.12. The summed E-state index contributed by atoms with van der Waals surface area (Å²) in [5.41, 5.74) is 1.02. The van der Waals surface area contributed by atoms with E-state index in [9.17, 15) is 8.60 Å². The SMILES string of the molecule is CCO/C(=C\S(=O)c1ccccc1)OCC1=CC[C@@H](O[Si](C)(C)C(C)(C)C)[C@@H](CCCF)[C@H]1O[Si](C)(C)C(C)(C)C. The fourth-order valence-corrected chi connectivity index (χ4v) is 7.85. The van der Waals surface area contributed by atoms with E-state index in [1.807, 2.05) is 37.3 Å². The van der Waals surface area contributed by atoms with Crippen LogP contribution in [0.3, 0.4) is 0 Å². The molecule has 41 heavy (non-hydrogen) atoms. The molecule has 5 nitrogen and oxygen atoms in total. The lowest BCUT2D eigenvalue weighted by atomic mass is 9.81. The number of halogens is 1. The van der Waals surface area contributed by atoms with Gasteiger partial charge in [0, 0.05) is 10.8 Å². The molecule has 1 aromatic carbocycles. The summed E-state index contributed by atoms with van der Waals surface area (Å²) in [7, 11) is -5.70. The van der Waals surface area contributed by atoms with Crippen molar-refractivity contribution in [3.05, 3.63) is 53.3 Å². The van der Waals surface area contributed by atoms with Crippen LogP contribution in [0.25, 0.3) is 0 Å². The second-order valence-corrected chi connectivity index (χ2v) is 24.8. The molecule has 4 atom stereocenters. The minimum atomic E-state index is -2.21. The van der Waals surface area contributed by atoms with Crippen LogP contribution in [-0.2, 0) is 29.1 Å². The van der Waals surface area contributed by atoms with E-state index in [4.69, 9.17) is 18.3 Å². The van der Waals surface area contributed by atoms with Gasteiger partial charge in [-0.1, -0.05) is 65.8 Å². The van der Waals surface area contributed by atoms with E-state index in [2.05, 4.69) is 73.8 Å². The lowest BCUT2D eigenvalue weighted by molar-refractivity contribution is 0.00916. The highest BCUT2D eigenvalue weighted by Crippen LogP contribution is 2.45. The van der Waals surface area contributed by atoms with Crippen molar-refractivity contribution in [3.63, 3.8) is 0 Å². The van der Waals surface area contributed by atoms with Crippen molar-refractivity contribution < 1.29 is 26.9 Å². The zero-order valence-corrected chi connectivity index (χ0v) is 30.2. The fraction of sp³-hybridized carbons (Fsp3) is 0.688. The molecule has 0 saturated carbocycles. The van der Waals surface area contributed by atoms with Crippen molar-refractivity contribution in [2.45, 2.75) is 121 Å². The van der Waals surface area contributed by atoms with Crippen molar-refractivity contribution >= 4 is 27.4 Å². The van der Waals surface area contributed by atoms with E-state index in [1.54, 1.807) is 0 Å². The van der Waals surface area contributed by atoms with Gasteiger partial charge in [-0.15, -0.1) is 0 Å². The number of rotatable bonds is 14. The van der Waals surface area contributed by atoms with Gasteiger partial charge in [-0.25, -0.2) is 4.21 Å². The van der Waals surface area contributed by atoms with Crippen LogP contribution in [0.15, 0.2) is 58.2 Å². The molecule has 0 N–H and O–H groups in total. The fourth-order valence-electron chi connectivity index (χ4n) is 4.28. The molecule has 1 aliphatic rings. The van der Waals surface area contributed by atoms with Gasteiger partial charge >= 0.3 is 0 Å². The first-order valence-electron chi connectivity index (χ1n) is 15.0. The summed E-state index contributed by atoms with van der Waals surface area (Å²) in [6, 6.07) is 9.25. The summed E-state index contributed by atoms with van der Waals surface area (Å²) in [4.78, 5) is 0.682. The number of benzene rings is 1. The molecule has 1 aromatic rings. The molecule has 0 bridgehead atoms. The molecule has 9 heteroatoms. The minimum absolute atomic E-state index is 0.000193. The predicted molar refractivity (Wildman–Crippen MR) is 174 cm³/mol. The monoisotopic (exact) mass is 626 g/mol. The Morgan fingerprint density at radius 3 is 2.10 bits per heavy atom. The number of hydrogen-bond donors (Lipinski definition) is 0. The van der Waals surface area contributed by atoms with E-state index in [-0.39, 0.29) is 47.4 Å². The number of ether oxygens (including phenoxy) is 2. The Labute approximate surface area is 254 Å². The van der Waals surface area contributed by atoms with Gasteiger partial charge in [-0.05, 0) is 80.2 Å². The maximum absolute atomic E-state index is 13.6. The quantitative estimate of drug-likeness (QED) is 0.117. The zero-order valence-electron chi connectivity index (χ0n) is 27.3. The molecule has 2 rings (SSSR count). The van der Waals surface area contributed by atoms with Crippen LogP contribution in [0, 0.1) is 5.92 Å². The van der Waals surface area contributed by atoms with Gasteiger partial charge in [0.1, 0.15) is 6.61 Å². The van der Waals surface area contributed by atoms with E-state index in [0.717, 1.165) is 12.0 Å². The Morgan fingerprint density at radius 1 is 0.976 bits per heavy atom. The van der Waals surface area contributed by atoms with Gasteiger partial charge < -0.3 is 18.3 Å². The van der Waals surface area contributed by atoms with E-state index >= 15 is 0 Å². The van der Waals surface area contributed by atoms with E-state index in [1.165, 1.54) is 5.41 Å². The summed E-state index contributed by atoms with van der Waals surface area (Å²) in [6.07, 6.45) is 3.76. The number of hydrogen-bond acceptors (Lipinski definition) is 5. The van der Waals surface area contributed by atoms with Crippen molar-refractivity contribution in [2.75, 3.05) is 19.9 Å². The molecular weight excluding hydrogens is 572 g/mol. The van der Waals surface area contributed by atoms with Crippen LogP contribution in [-0.4, -0.2) is 52.9 Å². The maximum Gasteiger partial charge on any atom is 0.289 e. The maximum atomic E-state index is 13.6. The van der Waals surface area contributed by atoms with Gasteiger partial charge in [0.25, 0.3) is 5.95 Å². The first-order valence-corrected chi connectivity index (χ1v) is 22.0. The molecule has 0 amide bonds. The zero-order chi connectivity index (χ0) is 31.1. The Bertz CT molecular complexity index is 1040. The molecule has 0 fully saturated rings. The average Bonchev–Trinajstić information content (AvgIpc) is 2.86. The Kier molecular flexibility index (Phi) is 13.1. The molecule has 0 heterocycles. The van der Waals surface area contributed by atoms with Crippen LogP contribution < -0.4 is 0 Å². The third-order valence-corrected chi connectivity index (χ3v) is 18.9. The molecule has 1 unspecified atom stereocenters. The van der Waals surface area contributed by atoms with Crippen molar-refractivity contribution in [1.29, 1.82) is 0 Å². The lowest BCUT2D eigenvalue weighted by Gasteiger charge is -2.48. The van der Waals surface area contributed by atoms with Crippen LogP contribution in [0.2, 0.25) is 36.3 Å². The second-order valence-electron chi connectivity index (χ2n) is 14.0. The molecular formula is C32H55FO5SSi2. The second kappa shape index (κ2) is 15.0. The topological polar surface area (TPSA) is 54.0 Å². The first-order chi connectivity index (χ1) is 18.9. The Hall–Kier alpha value is -1.27. The Balaban J connectivity index is 2.44. The van der Waals surface area contributed by atoms with Crippen LogP contribution in [0.4, 0.5) is 4.39 Å². The minimum Gasteiger partial charge on any atom is -0.465 e. The molecule has 0 radical (unpaired) electrons. The van der Waals surface area contributed by atoms with Gasteiger partial charge in [-0.2, -0.15) is 0 Å². The number of alkyl halides is 1. The molecule has 0 spiro atoms. The summed E-state index contributed by atoms with van der Waals surface area (Å²) < 4.78 is 52.6. The Morgan fingerprint density at radius 2 is 1.56 bits per heavy atom. The highest BCUT2D eigenvalue weighted by Gasteiger charge is 2.47. The van der Waals surface area contributed by atoms with Gasteiger partial charge in [0.05, 0.1) is 41.7 Å². The lowest BCUT2D eigenvalue weighted by Crippen LogP contribution is -2.53. The molecule has 0 saturated heterocycles. The standard InChI is InChI=1S/C32H55FO5SSi2/c1-12-35-29(24-39(34)26-17-14-13-15-18-26)36-23-25-20-21-28(37-40(8,9)31(2,3)4)27(19-16-22-33)30(25)38-41(10,11)32(5,6)7/h13-15,17-18,20,24,27-28,30H,12,16,19,21-23H2,1-11H3/b29-24+/t27-,28-,30+,39?/m1/s1. The molecule has 1 aliphatic carbocycles. The third-order valence-electron chi connectivity index (χ3n) is 8.84. The smallest absolute Gasteiger partial charge is 0.289 e. The third kappa shape index (κ3) is 10.2. The van der Waals surface area contributed by atoms with Gasteiger partial charge in [0.2, 0.25) is 0 Å². The summed E-state index contributed by atoms with van der Waals surface area (Å²) in [5.74, 6) is 0.247. The summed E-state index contributed by atoms with van der Waals surface area (Å²) in [5, 5.41) is 1.59. The first kappa shape index (κ1) is 35.9. The van der Waals surface area contributed by atoms with Crippen molar-refractivity contribution in [3.8, 4) is 0 Å². The van der Waals surface area contributed by atoms with E-state index < -0.39 is 27.4 Å². The normalized spacial score (nSPS) is 21.8. The van der Waals surface area contributed by atoms with Crippen LogP contribution in [0.1, 0.15) is 67.7 Å². The van der Waals surface area contributed by atoms with E-state index in [0.29, 0.717) is 24.3 Å².